The lowest BCUT2D eigenvalue weighted by Crippen LogP contribution is -2.35. The zero-order valence-electron chi connectivity index (χ0n) is 18.0. The van der Waals surface area contributed by atoms with Crippen LogP contribution in [0.3, 0.4) is 0 Å². The number of alkyl carbamates (subject to hydrolysis) is 2. The van der Waals surface area contributed by atoms with E-state index < -0.39 is 0 Å². The molecule has 0 aromatic heterocycles. The van der Waals surface area contributed by atoms with Gasteiger partial charge in [-0.05, 0) is 38.8 Å². The van der Waals surface area contributed by atoms with Crippen molar-refractivity contribution in [1.82, 2.24) is 15.5 Å². The SMILES string of the molecule is CCCCNC(=O)OCCN(CCCCCCN)CCOC(=O)NCCCC. The molecule has 8 heteroatoms. The monoisotopic (exact) mass is 402 g/mol. The summed E-state index contributed by atoms with van der Waals surface area (Å²) in [6.07, 6.45) is 7.54. The van der Waals surface area contributed by atoms with E-state index in [4.69, 9.17) is 15.2 Å². The number of hydrogen-bond acceptors (Lipinski definition) is 6. The van der Waals surface area contributed by atoms with Gasteiger partial charge in [0, 0.05) is 26.2 Å². The summed E-state index contributed by atoms with van der Waals surface area (Å²) >= 11 is 0. The predicted octanol–water partition coefficient (Wildman–Crippen LogP) is 2.86. The molecule has 0 fully saturated rings. The highest BCUT2D eigenvalue weighted by Crippen LogP contribution is 2.02. The maximum atomic E-state index is 11.6. The molecule has 0 radical (unpaired) electrons. The molecule has 0 atom stereocenters. The Kier molecular flexibility index (Phi) is 19.1. The molecular weight excluding hydrogens is 360 g/mol. The number of nitrogens with zero attached hydrogens (tertiary/aromatic N) is 1. The van der Waals surface area contributed by atoms with Gasteiger partial charge in [-0.25, -0.2) is 9.59 Å². The summed E-state index contributed by atoms with van der Waals surface area (Å²) in [5, 5.41) is 5.47. The van der Waals surface area contributed by atoms with E-state index in [-0.39, 0.29) is 12.2 Å². The third-order valence-electron chi connectivity index (χ3n) is 4.31. The van der Waals surface area contributed by atoms with Crippen LogP contribution in [0.15, 0.2) is 0 Å². The Morgan fingerprint density at radius 3 is 1.71 bits per heavy atom. The predicted molar refractivity (Wildman–Crippen MR) is 112 cm³/mol. The van der Waals surface area contributed by atoms with Crippen LogP contribution in [0.1, 0.15) is 65.2 Å². The van der Waals surface area contributed by atoms with Crippen molar-refractivity contribution >= 4 is 12.2 Å². The second-order valence-electron chi connectivity index (χ2n) is 6.88. The summed E-state index contributed by atoms with van der Waals surface area (Å²) in [4.78, 5) is 25.4. The second-order valence-corrected chi connectivity index (χ2v) is 6.88. The number of amides is 2. The normalized spacial score (nSPS) is 10.7. The number of unbranched alkanes of at least 4 members (excludes halogenated alkanes) is 5. The molecule has 0 saturated heterocycles. The van der Waals surface area contributed by atoms with Crippen LogP contribution in [0.25, 0.3) is 0 Å². The fourth-order valence-electron chi connectivity index (χ4n) is 2.54. The standard InChI is InChI=1S/C20H42N4O4/c1-3-5-12-22-19(25)27-17-15-24(14-10-8-7-9-11-21)16-18-28-20(26)23-13-6-4-2/h3-18,21H2,1-2H3,(H,22,25)(H,23,26). The van der Waals surface area contributed by atoms with Crippen LogP contribution >= 0.6 is 0 Å². The molecule has 0 aliphatic rings. The molecule has 0 aromatic carbocycles. The van der Waals surface area contributed by atoms with Crippen molar-refractivity contribution in [2.45, 2.75) is 65.2 Å². The molecule has 0 aliphatic carbocycles. The van der Waals surface area contributed by atoms with Crippen LogP contribution in [0, 0.1) is 0 Å². The molecule has 0 heterocycles. The van der Waals surface area contributed by atoms with E-state index in [2.05, 4.69) is 29.4 Å². The quantitative estimate of drug-likeness (QED) is 0.304. The van der Waals surface area contributed by atoms with E-state index in [0.29, 0.717) is 39.4 Å². The third kappa shape index (κ3) is 17.9. The average molecular weight is 403 g/mol. The molecule has 8 nitrogen and oxygen atoms in total. The Morgan fingerprint density at radius 1 is 0.750 bits per heavy atom. The van der Waals surface area contributed by atoms with E-state index in [1.54, 1.807) is 0 Å². The van der Waals surface area contributed by atoms with Gasteiger partial charge in [-0.1, -0.05) is 39.5 Å². The number of nitrogens with two attached hydrogens (primary N) is 1. The Hall–Kier alpha value is -1.54. The Labute approximate surface area is 170 Å². The summed E-state index contributed by atoms with van der Waals surface area (Å²) in [5.41, 5.74) is 5.53. The summed E-state index contributed by atoms with van der Waals surface area (Å²) < 4.78 is 10.5. The van der Waals surface area contributed by atoms with Crippen LogP contribution in [-0.4, -0.2) is 69.6 Å². The van der Waals surface area contributed by atoms with Crippen LogP contribution in [0.4, 0.5) is 9.59 Å². The van der Waals surface area contributed by atoms with Gasteiger partial charge in [-0.3, -0.25) is 4.90 Å². The number of carbonyl (C=O) groups is 2. The Balaban J connectivity index is 4.08. The van der Waals surface area contributed by atoms with Gasteiger partial charge in [0.05, 0.1) is 0 Å². The molecule has 0 aromatic rings. The molecule has 4 N–H and O–H groups in total. The minimum absolute atomic E-state index is 0.323. The van der Waals surface area contributed by atoms with Gasteiger partial charge in [0.2, 0.25) is 0 Å². The average Bonchev–Trinajstić information content (AvgIpc) is 2.67. The van der Waals surface area contributed by atoms with Gasteiger partial charge in [0.15, 0.2) is 0 Å². The van der Waals surface area contributed by atoms with Crippen LogP contribution in [-0.2, 0) is 9.47 Å². The number of carbonyl (C=O) groups excluding carboxylic acids is 2. The molecule has 2 amide bonds. The van der Waals surface area contributed by atoms with E-state index in [1.165, 1.54) is 0 Å². The summed E-state index contributed by atoms with van der Waals surface area (Å²) in [6.45, 7) is 8.93. The number of nitrogens with one attached hydrogen (secondary N) is 2. The van der Waals surface area contributed by atoms with E-state index >= 15 is 0 Å². The van der Waals surface area contributed by atoms with Crippen LogP contribution < -0.4 is 16.4 Å². The van der Waals surface area contributed by atoms with Crippen molar-refractivity contribution in [3.63, 3.8) is 0 Å². The summed E-state index contributed by atoms with van der Waals surface area (Å²) in [6, 6.07) is 0. The van der Waals surface area contributed by atoms with E-state index in [9.17, 15) is 9.59 Å². The molecule has 0 rings (SSSR count). The topological polar surface area (TPSA) is 106 Å². The van der Waals surface area contributed by atoms with Crippen molar-refractivity contribution in [2.24, 2.45) is 5.73 Å². The highest BCUT2D eigenvalue weighted by atomic mass is 16.6. The van der Waals surface area contributed by atoms with Crippen LogP contribution in [0.2, 0.25) is 0 Å². The highest BCUT2D eigenvalue weighted by Gasteiger charge is 2.09. The smallest absolute Gasteiger partial charge is 0.407 e. The van der Waals surface area contributed by atoms with Gasteiger partial charge >= 0.3 is 12.2 Å². The lowest BCUT2D eigenvalue weighted by Gasteiger charge is -2.22. The van der Waals surface area contributed by atoms with Gasteiger partial charge in [0.25, 0.3) is 0 Å². The molecule has 0 saturated carbocycles. The first-order valence-corrected chi connectivity index (χ1v) is 10.9. The number of hydrogen-bond donors (Lipinski definition) is 3. The summed E-state index contributed by atoms with van der Waals surface area (Å²) in [5.74, 6) is 0. The number of rotatable bonds is 18. The molecule has 166 valence electrons. The van der Waals surface area contributed by atoms with Crippen molar-refractivity contribution < 1.29 is 19.1 Å². The molecule has 0 spiro atoms. The molecular formula is C20H42N4O4. The lowest BCUT2D eigenvalue weighted by atomic mass is 10.2. The maximum Gasteiger partial charge on any atom is 0.407 e. The lowest BCUT2D eigenvalue weighted by molar-refractivity contribution is 0.106. The van der Waals surface area contributed by atoms with Gasteiger partial charge < -0.3 is 25.8 Å². The molecule has 0 bridgehead atoms. The Morgan fingerprint density at radius 2 is 1.25 bits per heavy atom. The van der Waals surface area contributed by atoms with Gasteiger partial charge in [-0.2, -0.15) is 0 Å². The van der Waals surface area contributed by atoms with Crippen LogP contribution in [0.5, 0.6) is 0 Å². The Bertz CT molecular complexity index is 355. The number of ether oxygens (including phenoxy) is 2. The fourth-order valence-corrected chi connectivity index (χ4v) is 2.54. The first-order chi connectivity index (χ1) is 13.6. The zero-order valence-corrected chi connectivity index (χ0v) is 18.0. The second kappa shape index (κ2) is 20.2. The van der Waals surface area contributed by atoms with Crippen molar-refractivity contribution in [2.75, 3.05) is 52.5 Å². The summed E-state index contributed by atoms with van der Waals surface area (Å²) in [7, 11) is 0. The largest absolute Gasteiger partial charge is 0.448 e. The van der Waals surface area contributed by atoms with Gasteiger partial charge in [-0.15, -0.1) is 0 Å². The third-order valence-corrected chi connectivity index (χ3v) is 4.31. The molecule has 0 aliphatic heterocycles. The molecule has 0 unspecified atom stereocenters. The van der Waals surface area contributed by atoms with Crippen molar-refractivity contribution in [3.8, 4) is 0 Å². The minimum Gasteiger partial charge on any atom is -0.448 e. The highest BCUT2D eigenvalue weighted by molar-refractivity contribution is 5.67. The minimum atomic E-state index is -0.372. The first kappa shape index (κ1) is 26.5. The maximum absolute atomic E-state index is 11.6. The van der Waals surface area contributed by atoms with E-state index in [1.807, 2.05) is 0 Å². The van der Waals surface area contributed by atoms with Crippen molar-refractivity contribution in [1.29, 1.82) is 0 Å². The first-order valence-electron chi connectivity index (χ1n) is 10.9. The van der Waals surface area contributed by atoms with Crippen molar-refractivity contribution in [3.05, 3.63) is 0 Å². The zero-order chi connectivity index (χ0) is 20.9. The van der Waals surface area contributed by atoms with E-state index in [0.717, 1.165) is 64.5 Å². The molecule has 28 heavy (non-hydrogen) atoms. The fraction of sp³-hybridized carbons (Fsp3) is 0.900. The van der Waals surface area contributed by atoms with Gasteiger partial charge in [0.1, 0.15) is 13.2 Å².